The maximum absolute atomic E-state index is 13.2. The number of aromatic nitrogens is 3. The smallest absolute Gasteiger partial charge is 0.274 e. The molecule has 0 bridgehead atoms. The Morgan fingerprint density at radius 1 is 1.14 bits per heavy atom. The second kappa shape index (κ2) is 9.97. The van der Waals surface area contributed by atoms with Crippen molar-refractivity contribution in [2.45, 2.75) is 19.4 Å². The van der Waals surface area contributed by atoms with Gasteiger partial charge in [-0.15, -0.1) is 0 Å². The second-order valence-electron chi connectivity index (χ2n) is 8.60. The van der Waals surface area contributed by atoms with E-state index in [0.29, 0.717) is 40.6 Å². The van der Waals surface area contributed by atoms with Gasteiger partial charge < -0.3 is 24.8 Å². The van der Waals surface area contributed by atoms with E-state index in [0.717, 1.165) is 5.56 Å². The van der Waals surface area contributed by atoms with Gasteiger partial charge in [0.15, 0.2) is 5.69 Å². The van der Waals surface area contributed by atoms with Crippen LogP contribution in [0.5, 0.6) is 5.75 Å². The number of likely N-dealkylation sites (N-methyl/N-ethyl adjacent to an activating group) is 1. The summed E-state index contributed by atoms with van der Waals surface area (Å²) in [5.41, 5.74) is 3.01. The third-order valence-corrected chi connectivity index (χ3v) is 6.01. The van der Waals surface area contributed by atoms with Gasteiger partial charge >= 0.3 is 0 Å². The van der Waals surface area contributed by atoms with Gasteiger partial charge in [0.2, 0.25) is 0 Å². The molecule has 11 nitrogen and oxygen atoms in total. The van der Waals surface area contributed by atoms with Gasteiger partial charge in [0, 0.05) is 31.4 Å². The molecule has 1 aliphatic rings. The molecule has 0 radical (unpaired) electrons. The molecular weight excluding hydrogens is 476 g/mol. The van der Waals surface area contributed by atoms with Crippen LogP contribution in [0.1, 0.15) is 37.9 Å². The van der Waals surface area contributed by atoms with Crippen LogP contribution in [0.2, 0.25) is 0 Å². The number of fused-ring (bicyclic) bond motifs is 1. The molecule has 1 aliphatic heterocycles. The molecule has 0 saturated carbocycles. The number of benzene rings is 2. The molecule has 188 valence electrons. The zero-order valence-corrected chi connectivity index (χ0v) is 20.1. The monoisotopic (exact) mass is 500 g/mol. The molecule has 0 spiro atoms. The Labute approximate surface area is 211 Å². The fourth-order valence-electron chi connectivity index (χ4n) is 4.00. The minimum atomic E-state index is -0.953. The van der Waals surface area contributed by atoms with E-state index in [9.17, 15) is 14.4 Å². The summed E-state index contributed by atoms with van der Waals surface area (Å²) < 4.78 is 11.1. The van der Waals surface area contributed by atoms with Gasteiger partial charge in [-0.3, -0.25) is 19.5 Å². The highest BCUT2D eigenvalue weighted by molar-refractivity contribution is 6.06. The molecule has 4 aromatic rings. The summed E-state index contributed by atoms with van der Waals surface area (Å²) in [6.07, 6.45) is 2.00. The van der Waals surface area contributed by atoms with Crippen molar-refractivity contribution in [2.24, 2.45) is 0 Å². The minimum absolute atomic E-state index is 0.0719. The standard InChI is InChI=1S/C26H24N6O5/c1-15-19(13-27-30-15)24(33)28-17-8-9-23-22(11-17)32(2)26(35)21(14-36-23)29-25(34)20-12-18(37-31-20)10-16-6-4-3-5-7-16/h3-9,11-13,21H,10,14H2,1-2H3,(H,27,30)(H,28,33)(H,29,34)/t21-/m0/s1. The van der Waals surface area contributed by atoms with Crippen LogP contribution in [-0.2, 0) is 11.2 Å². The number of aryl methyl sites for hydroxylation is 1. The molecule has 2 aromatic heterocycles. The first-order valence-corrected chi connectivity index (χ1v) is 11.6. The maximum Gasteiger partial charge on any atom is 0.274 e. The third-order valence-electron chi connectivity index (χ3n) is 6.01. The molecule has 0 aliphatic carbocycles. The summed E-state index contributed by atoms with van der Waals surface area (Å²) in [5, 5.41) is 15.9. The van der Waals surface area contributed by atoms with E-state index < -0.39 is 11.9 Å². The van der Waals surface area contributed by atoms with Crippen molar-refractivity contribution in [1.29, 1.82) is 0 Å². The van der Waals surface area contributed by atoms with Crippen LogP contribution in [0.4, 0.5) is 11.4 Å². The molecule has 0 unspecified atom stereocenters. The second-order valence-corrected chi connectivity index (χ2v) is 8.60. The highest BCUT2D eigenvalue weighted by Gasteiger charge is 2.32. The highest BCUT2D eigenvalue weighted by Crippen LogP contribution is 2.33. The Hall–Kier alpha value is -4.93. The summed E-state index contributed by atoms with van der Waals surface area (Å²) in [4.78, 5) is 39.9. The Bertz CT molecular complexity index is 1460. The highest BCUT2D eigenvalue weighted by atomic mass is 16.5. The fourth-order valence-corrected chi connectivity index (χ4v) is 4.00. The normalized spacial score (nSPS) is 14.9. The molecule has 3 amide bonds. The molecule has 37 heavy (non-hydrogen) atoms. The average Bonchev–Trinajstić information content (AvgIpc) is 3.53. The maximum atomic E-state index is 13.2. The lowest BCUT2D eigenvalue weighted by Gasteiger charge is -2.20. The van der Waals surface area contributed by atoms with Gasteiger partial charge in [-0.2, -0.15) is 5.10 Å². The molecule has 2 aromatic carbocycles. The number of H-pyrrole nitrogens is 1. The van der Waals surface area contributed by atoms with E-state index >= 15 is 0 Å². The first kappa shape index (κ1) is 23.8. The number of ether oxygens (including phenoxy) is 1. The van der Waals surface area contributed by atoms with Gasteiger partial charge in [-0.05, 0) is 30.7 Å². The third kappa shape index (κ3) is 5.06. The van der Waals surface area contributed by atoms with Crippen molar-refractivity contribution < 1.29 is 23.6 Å². The average molecular weight is 501 g/mol. The van der Waals surface area contributed by atoms with E-state index in [-0.39, 0.29) is 24.1 Å². The summed E-state index contributed by atoms with van der Waals surface area (Å²) in [6.45, 7) is 1.65. The number of rotatable bonds is 6. The topological polar surface area (TPSA) is 142 Å². The summed E-state index contributed by atoms with van der Waals surface area (Å²) in [6, 6.07) is 15.2. The molecule has 11 heteroatoms. The number of carbonyl (C=O) groups is 3. The number of anilines is 2. The van der Waals surface area contributed by atoms with Crippen LogP contribution in [0.15, 0.2) is 65.3 Å². The first-order valence-electron chi connectivity index (χ1n) is 11.6. The van der Waals surface area contributed by atoms with Gasteiger partial charge in [0.05, 0.1) is 16.9 Å². The van der Waals surface area contributed by atoms with Crippen LogP contribution in [-0.4, -0.2) is 52.8 Å². The zero-order chi connectivity index (χ0) is 25.9. The Kier molecular flexibility index (Phi) is 6.42. The Morgan fingerprint density at radius 2 is 1.95 bits per heavy atom. The van der Waals surface area contributed by atoms with E-state index in [4.69, 9.17) is 9.26 Å². The number of hydrogen-bond acceptors (Lipinski definition) is 7. The fraction of sp³-hybridized carbons (Fsp3) is 0.192. The van der Waals surface area contributed by atoms with Crippen LogP contribution in [0, 0.1) is 6.92 Å². The molecule has 5 rings (SSSR count). The van der Waals surface area contributed by atoms with E-state index in [1.54, 1.807) is 38.2 Å². The predicted molar refractivity (Wildman–Crippen MR) is 134 cm³/mol. The zero-order valence-electron chi connectivity index (χ0n) is 20.1. The van der Waals surface area contributed by atoms with Crippen molar-refractivity contribution >= 4 is 29.1 Å². The van der Waals surface area contributed by atoms with Crippen LogP contribution < -0.4 is 20.3 Å². The molecule has 0 fully saturated rings. The number of nitrogens with one attached hydrogen (secondary N) is 3. The van der Waals surface area contributed by atoms with Gasteiger partial charge in [-0.25, -0.2) is 0 Å². The number of amides is 3. The molecule has 0 saturated heterocycles. The first-order chi connectivity index (χ1) is 17.9. The largest absolute Gasteiger partial charge is 0.489 e. The van der Waals surface area contributed by atoms with Crippen molar-refractivity contribution in [3.05, 3.63) is 89.1 Å². The lowest BCUT2D eigenvalue weighted by Crippen LogP contribution is -2.49. The molecule has 3 N–H and O–H groups in total. The predicted octanol–water partition coefficient (Wildman–Crippen LogP) is 2.70. The number of aromatic amines is 1. The number of carbonyl (C=O) groups excluding carboxylic acids is 3. The lowest BCUT2D eigenvalue weighted by molar-refractivity contribution is -0.120. The van der Waals surface area contributed by atoms with Gasteiger partial charge in [-0.1, -0.05) is 35.5 Å². The van der Waals surface area contributed by atoms with Crippen LogP contribution in [0.3, 0.4) is 0 Å². The van der Waals surface area contributed by atoms with Crippen LogP contribution in [0.25, 0.3) is 0 Å². The molecule has 3 heterocycles. The Balaban J connectivity index is 1.26. The SMILES string of the molecule is Cc1n[nH]cc1C(=O)Nc1ccc2c(c1)N(C)C(=O)[C@@H](NC(=O)c1cc(Cc3ccccc3)on1)CO2. The van der Waals surface area contributed by atoms with Crippen molar-refractivity contribution in [3.63, 3.8) is 0 Å². The quantitative estimate of drug-likeness (QED) is 0.369. The number of nitrogens with zero attached hydrogens (tertiary/aromatic N) is 3. The minimum Gasteiger partial charge on any atom is -0.489 e. The van der Waals surface area contributed by atoms with Crippen LogP contribution >= 0.6 is 0 Å². The van der Waals surface area contributed by atoms with E-state index in [2.05, 4.69) is 26.0 Å². The molecular formula is C26H24N6O5. The lowest BCUT2D eigenvalue weighted by atomic mass is 10.1. The van der Waals surface area contributed by atoms with Gasteiger partial charge in [0.25, 0.3) is 17.7 Å². The van der Waals surface area contributed by atoms with E-state index in [1.165, 1.54) is 11.1 Å². The summed E-state index contributed by atoms with van der Waals surface area (Å²) in [5.74, 6) is -0.289. The number of hydrogen-bond donors (Lipinski definition) is 3. The van der Waals surface area contributed by atoms with Gasteiger partial charge in [0.1, 0.15) is 24.2 Å². The van der Waals surface area contributed by atoms with Crippen molar-refractivity contribution in [3.8, 4) is 5.75 Å². The van der Waals surface area contributed by atoms with E-state index in [1.807, 2.05) is 30.3 Å². The van der Waals surface area contributed by atoms with Crippen molar-refractivity contribution in [2.75, 3.05) is 23.9 Å². The Morgan fingerprint density at radius 3 is 2.70 bits per heavy atom. The summed E-state index contributed by atoms with van der Waals surface area (Å²) >= 11 is 0. The van der Waals surface area contributed by atoms with Crippen molar-refractivity contribution in [1.82, 2.24) is 20.7 Å². The summed E-state index contributed by atoms with van der Waals surface area (Å²) in [7, 11) is 1.58. The molecule has 1 atom stereocenters.